The van der Waals surface area contributed by atoms with Gasteiger partial charge in [-0.3, -0.25) is 0 Å². The Morgan fingerprint density at radius 3 is 2.11 bits per heavy atom. The third kappa shape index (κ3) is 3.67. The molecule has 0 spiro atoms. The summed E-state index contributed by atoms with van der Waals surface area (Å²) in [5, 5.41) is 2.26. The lowest BCUT2D eigenvalue weighted by molar-refractivity contribution is 0.348. The molecule has 1 saturated carbocycles. The molecule has 28 heavy (non-hydrogen) atoms. The van der Waals surface area contributed by atoms with Gasteiger partial charge in [-0.1, -0.05) is 56.0 Å². The van der Waals surface area contributed by atoms with Gasteiger partial charge >= 0.3 is 0 Å². The molecule has 0 N–H and O–H groups in total. The maximum atomic E-state index is 14.2. The first kappa shape index (κ1) is 18.7. The molecule has 2 heteroatoms. The van der Waals surface area contributed by atoms with Gasteiger partial charge in [0.15, 0.2) is 0 Å². The fourth-order valence-electron chi connectivity index (χ4n) is 4.28. The van der Waals surface area contributed by atoms with E-state index in [2.05, 4.69) is 43.0 Å². The third-order valence-electron chi connectivity index (χ3n) is 5.98. The summed E-state index contributed by atoms with van der Waals surface area (Å²) in [6, 6.07) is 15.3. The summed E-state index contributed by atoms with van der Waals surface area (Å²) in [5.41, 5.74) is 2.58. The number of hydrogen-bond acceptors (Lipinski definition) is 0. The first-order valence-corrected chi connectivity index (χ1v) is 10.0. The zero-order valence-electron chi connectivity index (χ0n) is 16.4. The van der Waals surface area contributed by atoms with E-state index in [1.165, 1.54) is 48.8 Å². The maximum absolute atomic E-state index is 14.2. The number of hydrogen-bond donors (Lipinski definition) is 0. The Hall–Kier alpha value is -2.66. The van der Waals surface area contributed by atoms with E-state index in [-0.39, 0.29) is 5.56 Å². The van der Waals surface area contributed by atoms with Crippen molar-refractivity contribution in [3.05, 3.63) is 71.3 Å². The minimum Gasteiger partial charge on any atom is -0.205 e. The van der Waals surface area contributed by atoms with Crippen molar-refractivity contribution in [2.45, 2.75) is 45.4 Å². The highest BCUT2D eigenvalue weighted by atomic mass is 19.1. The van der Waals surface area contributed by atoms with E-state index in [1.807, 2.05) is 12.1 Å². The molecule has 0 unspecified atom stereocenters. The maximum Gasteiger partial charge on any atom is 0.142 e. The number of fused-ring (bicyclic) bond motifs is 1. The smallest absolute Gasteiger partial charge is 0.142 e. The fraction of sp³-hybridized carbons (Fsp3) is 0.308. The minimum atomic E-state index is -0.619. The van der Waals surface area contributed by atoms with Gasteiger partial charge < -0.3 is 0 Å². The summed E-state index contributed by atoms with van der Waals surface area (Å²) in [6.07, 6.45) is 5.13. The summed E-state index contributed by atoms with van der Waals surface area (Å²) < 4.78 is 28.5. The van der Waals surface area contributed by atoms with Crippen LogP contribution in [0.5, 0.6) is 0 Å². The van der Waals surface area contributed by atoms with Gasteiger partial charge in [0.2, 0.25) is 0 Å². The molecule has 3 aromatic rings. The monoisotopic (exact) mass is 374 g/mol. The predicted octanol–water partition coefficient (Wildman–Crippen LogP) is 7.45. The zero-order chi connectivity index (χ0) is 19.7. The van der Waals surface area contributed by atoms with E-state index in [0.29, 0.717) is 11.5 Å². The van der Waals surface area contributed by atoms with Crippen LogP contribution < -0.4 is 0 Å². The van der Waals surface area contributed by atoms with E-state index in [0.717, 1.165) is 16.9 Å². The second kappa shape index (κ2) is 7.76. The highest BCUT2D eigenvalue weighted by Gasteiger charge is 2.20. The van der Waals surface area contributed by atoms with Crippen LogP contribution in [0.3, 0.4) is 0 Å². The molecule has 0 radical (unpaired) electrons. The number of rotatable bonds is 2. The van der Waals surface area contributed by atoms with Crippen molar-refractivity contribution in [3.63, 3.8) is 0 Å². The summed E-state index contributed by atoms with van der Waals surface area (Å²) in [5.74, 6) is 5.30. The first-order chi connectivity index (χ1) is 13.5. The van der Waals surface area contributed by atoms with Crippen LogP contribution in [0.25, 0.3) is 21.9 Å². The van der Waals surface area contributed by atoms with Gasteiger partial charge in [-0.25, -0.2) is 8.78 Å². The van der Waals surface area contributed by atoms with Crippen LogP contribution in [0.1, 0.15) is 56.6 Å². The summed E-state index contributed by atoms with van der Waals surface area (Å²) in [6.45, 7) is 3.91. The van der Waals surface area contributed by atoms with Crippen molar-refractivity contribution in [3.8, 4) is 23.0 Å². The van der Waals surface area contributed by atoms with Crippen molar-refractivity contribution < 1.29 is 8.78 Å². The SMILES string of the molecule is CC#Cc1c(F)cc(-c2ccc3cc(C4CCC(C)CC4)ccc3c2)cc1F. The third-order valence-corrected chi connectivity index (χ3v) is 5.98. The van der Waals surface area contributed by atoms with Crippen LogP contribution in [-0.4, -0.2) is 0 Å². The molecule has 0 amide bonds. The van der Waals surface area contributed by atoms with E-state index in [1.54, 1.807) is 6.92 Å². The molecular formula is C26H24F2. The summed E-state index contributed by atoms with van der Waals surface area (Å²) in [7, 11) is 0. The molecule has 1 aliphatic rings. The van der Waals surface area contributed by atoms with Crippen molar-refractivity contribution in [1.29, 1.82) is 0 Å². The molecule has 0 heterocycles. The van der Waals surface area contributed by atoms with Gasteiger partial charge in [-0.05, 0) is 77.3 Å². The average Bonchev–Trinajstić information content (AvgIpc) is 2.70. The zero-order valence-corrected chi connectivity index (χ0v) is 16.4. The van der Waals surface area contributed by atoms with E-state index in [9.17, 15) is 8.78 Å². The van der Waals surface area contributed by atoms with E-state index < -0.39 is 11.6 Å². The molecule has 0 atom stereocenters. The van der Waals surface area contributed by atoms with Crippen LogP contribution in [0.15, 0.2) is 48.5 Å². The largest absolute Gasteiger partial charge is 0.205 e. The van der Waals surface area contributed by atoms with Crippen molar-refractivity contribution in [2.75, 3.05) is 0 Å². The Labute approximate surface area is 165 Å². The van der Waals surface area contributed by atoms with Crippen LogP contribution >= 0.6 is 0 Å². The van der Waals surface area contributed by atoms with Crippen molar-refractivity contribution in [2.24, 2.45) is 5.92 Å². The average molecular weight is 374 g/mol. The molecule has 1 aliphatic carbocycles. The van der Waals surface area contributed by atoms with Gasteiger partial charge in [0.25, 0.3) is 0 Å². The Balaban J connectivity index is 1.67. The topological polar surface area (TPSA) is 0 Å². The molecule has 142 valence electrons. The molecule has 0 bridgehead atoms. The van der Waals surface area contributed by atoms with Crippen LogP contribution in [-0.2, 0) is 0 Å². The van der Waals surface area contributed by atoms with Crippen LogP contribution in [0.2, 0.25) is 0 Å². The number of halogens is 2. The van der Waals surface area contributed by atoms with Gasteiger partial charge in [0.05, 0.1) is 5.56 Å². The van der Waals surface area contributed by atoms with Gasteiger partial charge in [0, 0.05) is 0 Å². The first-order valence-electron chi connectivity index (χ1n) is 10.0. The second-order valence-corrected chi connectivity index (χ2v) is 7.97. The number of benzene rings is 3. The van der Waals surface area contributed by atoms with Gasteiger partial charge in [-0.15, -0.1) is 5.92 Å². The van der Waals surface area contributed by atoms with E-state index >= 15 is 0 Å². The lowest BCUT2D eigenvalue weighted by Crippen LogP contribution is -2.10. The standard InChI is InChI=1S/C26H24F2/c1-3-4-24-25(27)15-23(16-26(24)28)22-12-11-20-13-19(9-10-21(20)14-22)18-7-5-17(2)6-8-18/h9-18H,5-8H2,1-2H3. The van der Waals surface area contributed by atoms with Crippen molar-refractivity contribution in [1.82, 2.24) is 0 Å². The van der Waals surface area contributed by atoms with Crippen LogP contribution in [0.4, 0.5) is 8.78 Å². The second-order valence-electron chi connectivity index (χ2n) is 7.97. The Morgan fingerprint density at radius 2 is 1.43 bits per heavy atom. The highest BCUT2D eigenvalue weighted by Crippen LogP contribution is 2.37. The predicted molar refractivity (Wildman–Crippen MR) is 112 cm³/mol. The van der Waals surface area contributed by atoms with Gasteiger partial charge in [0.1, 0.15) is 11.6 Å². The molecule has 1 fully saturated rings. The molecule has 0 saturated heterocycles. The Bertz CT molecular complexity index is 1050. The summed E-state index contributed by atoms with van der Waals surface area (Å²) in [4.78, 5) is 0. The Kier molecular flexibility index (Phi) is 5.18. The highest BCUT2D eigenvalue weighted by molar-refractivity contribution is 5.88. The molecule has 0 nitrogen and oxygen atoms in total. The van der Waals surface area contributed by atoms with Gasteiger partial charge in [-0.2, -0.15) is 0 Å². The molecule has 0 aromatic heterocycles. The molecule has 4 rings (SSSR count). The minimum absolute atomic E-state index is 0.168. The van der Waals surface area contributed by atoms with Crippen molar-refractivity contribution >= 4 is 10.8 Å². The lowest BCUT2D eigenvalue weighted by Gasteiger charge is -2.26. The quantitative estimate of drug-likeness (QED) is 0.409. The Morgan fingerprint density at radius 1 is 0.786 bits per heavy atom. The molecular weight excluding hydrogens is 350 g/mol. The summed E-state index contributed by atoms with van der Waals surface area (Å²) >= 11 is 0. The molecule has 3 aromatic carbocycles. The fourth-order valence-corrected chi connectivity index (χ4v) is 4.28. The lowest BCUT2D eigenvalue weighted by atomic mass is 9.79. The van der Waals surface area contributed by atoms with E-state index in [4.69, 9.17) is 0 Å². The normalized spacial score (nSPS) is 19.3. The molecule has 0 aliphatic heterocycles. The van der Waals surface area contributed by atoms with Crippen LogP contribution in [0, 0.1) is 29.4 Å².